The fourth-order valence-corrected chi connectivity index (χ4v) is 5.19. The first-order chi connectivity index (χ1) is 12.4. The normalized spacial score (nSPS) is 20.2. The molecule has 2 heterocycles. The van der Waals surface area contributed by atoms with Crippen molar-refractivity contribution in [1.29, 1.82) is 0 Å². The molecule has 2 aromatic rings. The van der Waals surface area contributed by atoms with Crippen LogP contribution in [-0.4, -0.2) is 28.9 Å². The third-order valence-corrected chi connectivity index (χ3v) is 6.79. The summed E-state index contributed by atoms with van der Waals surface area (Å²) < 4.78 is 39.4. The largest absolute Gasteiger partial charge is 0.416 e. The molecule has 26 heavy (non-hydrogen) atoms. The fraction of sp³-hybridized carbons (Fsp3) is 0.579. The van der Waals surface area contributed by atoms with Gasteiger partial charge in [-0.3, -0.25) is 4.79 Å². The number of amides is 1. The Morgan fingerprint density at radius 1 is 1.12 bits per heavy atom. The number of benzene rings is 1. The Balaban J connectivity index is 1.45. The molecule has 140 valence electrons. The van der Waals surface area contributed by atoms with Crippen molar-refractivity contribution in [1.82, 2.24) is 9.88 Å². The summed E-state index contributed by atoms with van der Waals surface area (Å²) in [5, 5.41) is 0.896. The monoisotopic (exact) mass is 382 g/mol. The minimum atomic E-state index is -4.34. The van der Waals surface area contributed by atoms with E-state index in [4.69, 9.17) is 0 Å². The van der Waals surface area contributed by atoms with Crippen LogP contribution in [0, 0.1) is 5.92 Å². The average Bonchev–Trinajstić information content (AvgIpc) is 3.29. The van der Waals surface area contributed by atoms with E-state index in [9.17, 15) is 18.0 Å². The van der Waals surface area contributed by atoms with Crippen molar-refractivity contribution in [3.05, 3.63) is 28.8 Å². The lowest BCUT2D eigenvalue weighted by molar-refractivity contribution is -0.137. The van der Waals surface area contributed by atoms with Crippen LogP contribution in [0.25, 0.3) is 10.2 Å². The van der Waals surface area contributed by atoms with Gasteiger partial charge in [0.2, 0.25) is 5.91 Å². The number of piperidine rings is 1. The molecule has 0 N–H and O–H groups in total. The van der Waals surface area contributed by atoms with Gasteiger partial charge in [-0.05, 0) is 43.9 Å². The molecule has 1 aliphatic heterocycles. The van der Waals surface area contributed by atoms with Crippen LogP contribution in [0.3, 0.4) is 0 Å². The maximum Gasteiger partial charge on any atom is 0.416 e. The van der Waals surface area contributed by atoms with Crippen molar-refractivity contribution in [2.24, 2.45) is 5.92 Å². The minimum absolute atomic E-state index is 0.204. The third kappa shape index (κ3) is 3.46. The molecule has 0 bridgehead atoms. The first-order valence-corrected chi connectivity index (χ1v) is 10.00. The van der Waals surface area contributed by atoms with E-state index in [1.54, 1.807) is 0 Å². The summed E-state index contributed by atoms with van der Waals surface area (Å²) in [4.78, 5) is 19.0. The Bertz CT molecular complexity index is 803. The first-order valence-electron chi connectivity index (χ1n) is 9.18. The molecule has 0 radical (unpaired) electrons. The van der Waals surface area contributed by atoms with Crippen LogP contribution in [0.1, 0.15) is 55.0 Å². The number of carbonyl (C=O) groups is 1. The lowest BCUT2D eigenvalue weighted by Gasteiger charge is -2.32. The molecule has 0 unspecified atom stereocenters. The number of nitrogens with zero attached hydrogens (tertiary/aromatic N) is 2. The second-order valence-electron chi connectivity index (χ2n) is 7.31. The van der Waals surface area contributed by atoms with E-state index in [1.807, 2.05) is 4.90 Å². The van der Waals surface area contributed by atoms with E-state index in [0.717, 1.165) is 73.5 Å². The maximum atomic E-state index is 12.9. The van der Waals surface area contributed by atoms with E-state index in [2.05, 4.69) is 4.98 Å². The smallest absolute Gasteiger partial charge is 0.342 e. The SMILES string of the molecule is O=C(C1CCCC1)N1CCC(c2nc3cc(C(F)(F)F)ccc3s2)CC1. The molecule has 0 spiro atoms. The van der Waals surface area contributed by atoms with Crippen molar-refractivity contribution in [2.75, 3.05) is 13.1 Å². The predicted molar refractivity (Wildman–Crippen MR) is 95.1 cm³/mol. The van der Waals surface area contributed by atoms with Gasteiger partial charge in [-0.25, -0.2) is 4.98 Å². The van der Waals surface area contributed by atoms with Crippen molar-refractivity contribution in [3.8, 4) is 0 Å². The van der Waals surface area contributed by atoms with Crippen LogP contribution in [0.4, 0.5) is 13.2 Å². The topological polar surface area (TPSA) is 33.2 Å². The highest BCUT2D eigenvalue weighted by atomic mass is 32.1. The Labute approximate surface area is 154 Å². The number of hydrogen-bond donors (Lipinski definition) is 0. The third-order valence-electron chi connectivity index (χ3n) is 5.59. The molecule has 0 atom stereocenters. The molecule has 1 amide bonds. The molecule has 2 aliphatic rings. The molecule has 4 rings (SSSR count). The number of halogens is 3. The summed E-state index contributed by atoms with van der Waals surface area (Å²) in [6, 6.07) is 3.76. The second-order valence-corrected chi connectivity index (χ2v) is 8.38. The molecule has 1 aromatic carbocycles. The zero-order valence-electron chi connectivity index (χ0n) is 14.4. The number of rotatable bonds is 2. The van der Waals surface area contributed by atoms with Gasteiger partial charge >= 0.3 is 6.18 Å². The van der Waals surface area contributed by atoms with Gasteiger partial charge in [0.05, 0.1) is 20.8 Å². The molecule has 2 fully saturated rings. The van der Waals surface area contributed by atoms with Gasteiger partial charge in [0.25, 0.3) is 0 Å². The molecular formula is C19H21F3N2OS. The van der Waals surface area contributed by atoms with Gasteiger partial charge in [0.1, 0.15) is 0 Å². The van der Waals surface area contributed by atoms with Gasteiger partial charge in [-0.1, -0.05) is 12.8 Å². The zero-order valence-corrected chi connectivity index (χ0v) is 15.2. The predicted octanol–water partition coefficient (Wildman–Crippen LogP) is 5.21. The second kappa shape index (κ2) is 6.83. The number of thiazole rings is 1. The van der Waals surface area contributed by atoms with Gasteiger partial charge in [-0.15, -0.1) is 11.3 Å². The summed E-state index contributed by atoms with van der Waals surface area (Å²) in [5.41, 5.74) is -0.233. The lowest BCUT2D eigenvalue weighted by atomic mass is 9.96. The zero-order chi connectivity index (χ0) is 18.3. The summed E-state index contributed by atoms with van der Waals surface area (Å²) >= 11 is 1.48. The molecule has 1 aliphatic carbocycles. The molecular weight excluding hydrogens is 361 g/mol. The van der Waals surface area contributed by atoms with Gasteiger partial charge in [0, 0.05) is 24.9 Å². The van der Waals surface area contributed by atoms with E-state index >= 15 is 0 Å². The standard InChI is InChI=1S/C19H21F3N2OS/c20-19(21,22)14-5-6-16-15(11-14)23-17(26-16)12-7-9-24(10-8-12)18(25)13-3-1-2-4-13/h5-6,11-13H,1-4,7-10H2. The first kappa shape index (κ1) is 17.8. The van der Waals surface area contributed by atoms with Crippen LogP contribution < -0.4 is 0 Å². The van der Waals surface area contributed by atoms with Gasteiger partial charge in [0.15, 0.2) is 0 Å². The molecule has 1 saturated heterocycles. The Hall–Kier alpha value is -1.63. The summed E-state index contributed by atoms with van der Waals surface area (Å²) in [6.07, 6.45) is 1.66. The summed E-state index contributed by atoms with van der Waals surface area (Å²) in [5.74, 6) is 0.726. The van der Waals surface area contributed by atoms with Crippen LogP contribution in [-0.2, 0) is 11.0 Å². The van der Waals surface area contributed by atoms with E-state index < -0.39 is 11.7 Å². The molecule has 7 heteroatoms. The number of alkyl halides is 3. The van der Waals surface area contributed by atoms with Crippen molar-refractivity contribution in [2.45, 2.75) is 50.6 Å². The number of likely N-dealkylation sites (tertiary alicyclic amines) is 1. The van der Waals surface area contributed by atoms with Crippen LogP contribution in [0.15, 0.2) is 18.2 Å². The number of carbonyl (C=O) groups excluding carboxylic acids is 1. The molecule has 1 aromatic heterocycles. The number of hydrogen-bond acceptors (Lipinski definition) is 3. The van der Waals surface area contributed by atoms with E-state index in [-0.39, 0.29) is 11.8 Å². The Morgan fingerprint density at radius 3 is 2.46 bits per heavy atom. The fourth-order valence-electron chi connectivity index (χ4n) is 4.07. The molecule has 3 nitrogen and oxygen atoms in total. The minimum Gasteiger partial charge on any atom is -0.342 e. The van der Waals surface area contributed by atoms with Gasteiger partial charge < -0.3 is 4.90 Å². The average molecular weight is 382 g/mol. The maximum absolute atomic E-state index is 12.9. The highest BCUT2D eigenvalue weighted by Crippen LogP contribution is 2.37. The van der Waals surface area contributed by atoms with Crippen LogP contribution in [0.2, 0.25) is 0 Å². The Kier molecular flexibility index (Phi) is 4.67. The number of fused-ring (bicyclic) bond motifs is 1. The number of aromatic nitrogens is 1. The molecule has 1 saturated carbocycles. The van der Waals surface area contributed by atoms with Crippen molar-refractivity contribution < 1.29 is 18.0 Å². The highest BCUT2D eigenvalue weighted by Gasteiger charge is 2.33. The van der Waals surface area contributed by atoms with Crippen molar-refractivity contribution in [3.63, 3.8) is 0 Å². The lowest BCUT2D eigenvalue weighted by Crippen LogP contribution is -2.40. The Morgan fingerprint density at radius 2 is 1.81 bits per heavy atom. The van der Waals surface area contributed by atoms with Crippen LogP contribution >= 0.6 is 11.3 Å². The highest BCUT2D eigenvalue weighted by molar-refractivity contribution is 7.18. The quantitative estimate of drug-likeness (QED) is 0.714. The van der Waals surface area contributed by atoms with Gasteiger partial charge in [-0.2, -0.15) is 13.2 Å². The van der Waals surface area contributed by atoms with E-state index in [0.29, 0.717) is 11.4 Å². The summed E-state index contributed by atoms with van der Waals surface area (Å²) in [6.45, 7) is 1.45. The summed E-state index contributed by atoms with van der Waals surface area (Å²) in [7, 11) is 0. The van der Waals surface area contributed by atoms with Crippen LogP contribution in [0.5, 0.6) is 0 Å². The van der Waals surface area contributed by atoms with Crippen molar-refractivity contribution >= 4 is 27.5 Å². The van der Waals surface area contributed by atoms with E-state index in [1.165, 1.54) is 17.4 Å².